The van der Waals surface area contributed by atoms with Crippen LogP contribution in [-0.2, 0) is 0 Å². The molecule has 32 heavy (non-hydrogen) atoms. The second-order valence-electron chi connectivity index (χ2n) is 14.6. The van der Waals surface area contributed by atoms with Crippen LogP contribution in [0, 0.1) is 56.7 Å². The lowest BCUT2D eigenvalue weighted by Crippen LogP contribution is -2.68. The van der Waals surface area contributed by atoms with Gasteiger partial charge in [0.25, 0.3) is 0 Å². The molecule has 10 atom stereocenters. The summed E-state index contributed by atoms with van der Waals surface area (Å²) in [7, 11) is 0. The molecule has 0 aromatic carbocycles. The SMILES string of the molecule is C=C(C)[C@@H]1CC[C@]2(C)CC[C@]3(CO)[C@H](CC[C@H]4[C@@]5(C)CC[C@H](O)C(C)(C)[C@@H]5CC[C@]43C)[C@@H]12. The average Bonchev–Trinajstić information content (AvgIpc) is 3.08. The largest absolute Gasteiger partial charge is 0.396 e. The fourth-order valence-electron chi connectivity index (χ4n) is 11.6. The van der Waals surface area contributed by atoms with Gasteiger partial charge in [0.05, 0.1) is 6.10 Å². The van der Waals surface area contributed by atoms with E-state index in [0.717, 1.165) is 12.8 Å². The number of fused-ring (bicyclic) bond motifs is 7. The highest BCUT2D eigenvalue weighted by Crippen LogP contribution is 2.77. The van der Waals surface area contributed by atoms with Crippen molar-refractivity contribution < 1.29 is 10.2 Å². The third-order valence-electron chi connectivity index (χ3n) is 13.4. The van der Waals surface area contributed by atoms with Gasteiger partial charge in [-0.05, 0) is 122 Å². The van der Waals surface area contributed by atoms with Gasteiger partial charge < -0.3 is 10.2 Å². The zero-order valence-electron chi connectivity index (χ0n) is 21.8. The van der Waals surface area contributed by atoms with Gasteiger partial charge >= 0.3 is 0 Å². The number of hydrogen-bond donors (Lipinski definition) is 2. The monoisotopic (exact) mass is 442 g/mol. The zero-order chi connectivity index (χ0) is 23.3. The van der Waals surface area contributed by atoms with Gasteiger partial charge in [-0.15, -0.1) is 0 Å². The second kappa shape index (κ2) is 7.09. The molecule has 2 nitrogen and oxygen atoms in total. The Bertz CT molecular complexity index is 786. The lowest BCUT2D eigenvalue weighted by Gasteiger charge is -2.73. The Kier molecular flexibility index (Phi) is 5.19. The molecular formula is C30H50O2. The van der Waals surface area contributed by atoms with E-state index in [0.29, 0.717) is 41.6 Å². The maximum absolute atomic E-state index is 11.3. The minimum absolute atomic E-state index is 0.000800. The van der Waals surface area contributed by atoms with E-state index in [1.54, 1.807) is 0 Å². The average molecular weight is 443 g/mol. The van der Waals surface area contributed by atoms with Crippen molar-refractivity contribution in [2.24, 2.45) is 56.7 Å². The standard InChI is InChI=1S/C30H50O2/c1-19(2)20-10-13-27(5)16-17-30(18-31)21(25(20)27)8-9-23-28(6)14-12-24(32)26(3,4)22(28)11-15-29(23,30)7/h20-25,31-32H,1,8-18H2,2-7H3/t20-,21+,22-,23-,24-,25+,27+,28-,29+,30-/m0/s1. The van der Waals surface area contributed by atoms with Gasteiger partial charge in [0.2, 0.25) is 0 Å². The third-order valence-corrected chi connectivity index (χ3v) is 13.4. The normalized spacial score (nSPS) is 56.5. The maximum Gasteiger partial charge on any atom is 0.0594 e. The summed E-state index contributed by atoms with van der Waals surface area (Å²) in [6.07, 6.45) is 12.1. The van der Waals surface area contributed by atoms with Crippen LogP contribution < -0.4 is 0 Å². The molecule has 0 saturated heterocycles. The highest BCUT2D eigenvalue weighted by atomic mass is 16.3. The van der Waals surface area contributed by atoms with Crippen molar-refractivity contribution in [1.82, 2.24) is 0 Å². The number of aliphatic hydroxyl groups is 2. The van der Waals surface area contributed by atoms with Crippen molar-refractivity contribution in [2.45, 2.75) is 112 Å². The van der Waals surface area contributed by atoms with Crippen LogP contribution in [0.2, 0.25) is 0 Å². The van der Waals surface area contributed by atoms with Gasteiger partial charge in [-0.3, -0.25) is 0 Å². The van der Waals surface area contributed by atoms with Crippen molar-refractivity contribution >= 4 is 0 Å². The van der Waals surface area contributed by atoms with Crippen molar-refractivity contribution in [3.8, 4) is 0 Å². The molecule has 5 fully saturated rings. The number of aliphatic hydroxyl groups excluding tert-OH is 2. The topological polar surface area (TPSA) is 40.5 Å². The summed E-state index contributed by atoms with van der Waals surface area (Å²) in [6, 6.07) is 0. The lowest BCUT2D eigenvalue weighted by molar-refractivity contribution is -0.260. The lowest BCUT2D eigenvalue weighted by atomic mass is 9.32. The Labute approximate surface area is 197 Å². The molecule has 0 aromatic heterocycles. The van der Waals surface area contributed by atoms with Crippen LogP contribution in [0.4, 0.5) is 0 Å². The van der Waals surface area contributed by atoms with E-state index in [2.05, 4.69) is 48.1 Å². The molecule has 2 N–H and O–H groups in total. The van der Waals surface area contributed by atoms with Crippen molar-refractivity contribution in [2.75, 3.05) is 6.61 Å². The summed E-state index contributed by atoms with van der Waals surface area (Å²) >= 11 is 0. The molecule has 5 aliphatic carbocycles. The molecular weight excluding hydrogens is 392 g/mol. The fraction of sp³-hybridized carbons (Fsp3) is 0.933. The van der Waals surface area contributed by atoms with Crippen LogP contribution in [0.3, 0.4) is 0 Å². The minimum atomic E-state index is -0.168. The molecule has 0 unspecified atom stereocenters. The number of allylic oxidation sites excluding steroid dienone is 1. The van der Waals surface area contributed by atoms with E-state index >= 15 is 0 Å². The molecule has 0 aromatic rings. The molecule has 5 aliphatic rings. The van der Waals surface area contributed by atoms with E-state index in [-0.39, 0.29) is 27.8 Å². The summed E-state index contributed by atoms with van der Waals surface area (Å²) in [6.45, 7) is 19.5. The van der Waals surface area contributed by atoms with Crippen LogP contribution >= 0.6 is 0 Å². The van der Waals surface area contributed by atoms with Gasteiger partial charge in [0.15, 0.2) is 0 Å². The Balaban J connectivity index is 1.57. The maximum atomic E-state index is 11.3. The van der Waals surface area contributed by atoms with Crippen molar-refractivity contribution in [3.63, 3.8) is 0 Å². The van der Waals surface area contributed by atoms with Crippen LogP contribution in [0.1, 0.15) is 106 Å². The second-order valence-corrected chi connectivity index (χ2v) is 14.6. The summed E-state index contributed by atoms with van der Waals surface area (Å²) in [4.78, 5) is 0. The van der Waals surface area contributed by atoms with Gasteiger partial charge in [-0.25, -0.2) is 0 Å². The van der Waals surface area contributed by atoms with Crippen LogP contribution in [0.25, 0.3) is 0 Å². The predicted octanol–water partition coefficient (Wildman–Crippen LogP) is 7.00. The molecule has 182 valence electrons. The van der Waals surface area contributed by atoms with E-state index in [4.69, 9.17) is 0 Å². The van der Waals surface area contributed by atoms with E-state index in [1.807, 2.05) is 0 Å². The molecule has 0 aliphatic heterocycles. The summed E-state index contributed by atoms with van der Waals surface area (Å²) < 4.78 is 0. The van der Waals surface area contributed by atoms with Gasteiger partial charge in [-0.2, -0.15) is 0 Å². The molecule has 5 rings (SSSR count). The first-order valence-corrected chi connectivity index (χ1v) is 13.8. The summed E-state index contributed by atoms with van der Waals surface area (Å²) in [5.74, 6) is 3.24. The van der Waals surface area contributed by atoms with Gasteiger partial charge in [0.1, 0.15) is 0 Å². The van der Waals surface area contributed by atoms with Crippen molar-refractivity contribution in [1.29, 1.82) is 0 Å². The number of hydrogen-bond acceptors (Lipinski definition) is 2. The Hall–Kier alpha value is -0.340. The Morgan fingerprint density at radius 2 is 1.56 bits per heavy atom. The molecule has 0 spiro atoms. The van der Waals surface area contributed by atoms with E-state index in [1.165, 1.54) is 56.9 Å². The van der Waals surface area contributed by atoms with Gasteiger partial charge in [-0.1, -0.05) is 46.8 Å². The molecule has 2 heteroatoms. The van der Waals surface area contributed by atoms with E-state index < -0.39 is 0 Å². The van der Waals surface area contributed by atoms with Crippen LogP contribution in [0.5, 0.6) is 0 Å². The highest BCUT2D eigenvalue weighted by Gasteiger charge is 2.71. The van der Waals surface area contributed by atoms with E-state index in [9.17, 15) is 10.2 Å². The van der Waals surface area contributed by atoms with Crippen LogP contribution in [0.15, 0.2) is 12.2 Å². The zero-order valence-corrected chi connectivity index (χ0v) is 21.8. The van der Waals surface area contributed by atoms with Crippen LogP contribution in [-0.4, -0.2) is 22.9 Å². The Morgan fingerprint density at radius 3 is 2.22 bits per heavy atom. The molecule has 0 bridgehead atoms. The number of rotatable bonds is 2. The summed E-state index contributed by atoms with van der Waals surface area (Å²) in [5.41, 5.74) is 2.38. The molecule has 0 amide bonds. The first-order valence-electron chi connectivity index (χ1n) is 13.8. The first kappa shape index (κ1) is 23.4. The highest BCUT2D eigenvalue weighted by molar-refractivity contribution is 5.21. The summed E-state index contributed by atoms with van der Waals surface area (Å²) in [5, 5.41) is 22.2. The molecule has 0 radical (unpaired) electrons. The Morgan fingerprint density at radius 1 is 0.844 bits per heavy atom. The molecule has 0 heterocycles. The van der Waals surface area contributed by atoms with Gasteiger partial charge in [0, 0.05) is 12.0 Å². The van der Waals surface area contributed by atoms with Crippen molar-refractivity contribution in [3.05, 3.63) is 12.2 Å². The first-order chi connectivity index (χ1) is 14.9. The molecule has 5 saturated carbocycles. The predicted molar refractivity (Wildman–Crippen MR) is 132 cm³/mol. The minimum Gasteiger partial charge on any atom is -0.396 e. The fourth-order valence-corrected chi connectivity index (χ4v) is 11.6. The quantitative estimate of drug-likeness (QED) is 0.452. The third kappa shape index (κ3) is 2.66. The smallest absolute Gasteiger partial charge is 0.0594 e.